The van der Waals surface area contributed by atoms with Crippen molar-refractivity contribution in [3.05, 3.63) is 23.8 Å². The number of hydrogen-bond acceptors (Lipinski definition) is 5. The maximum absolute atomic E-state index is 11.4. The monoisotopic (exact) mass is 293 g/mol. The van der Waals surface area contributed by atoms with E-state index in [9.17, 15) is 4.21 Å². The smallest absolute Gasteiger partial charge is 0.184 e. The van der Waals surface area contributed by atoms with Crippen LogP contribution in [0.5, 0.6) is 0 Å². The van der Waals surface area contributed by atoms with E-state index >= 15 is 0 Å². The van der Waals surface area contributed by atoms with Gasteiger partial charge < -0.3 is 5.73 Å². The van der Waals surface area contributed by atoms with Crippen LogP contribution < -0.4 is 5.73 Å². The number of benzene rings is 1. The molecule has 0 aliphatic heterocycles. The van der Waals surface area contributed by atoms with E-state index in [2.05, 4.69) is 15.5 Å². The Labute approximate surface area is 120 Å². The number of anilines is 1. The van der Waals surface area contributed by atoms with Crippen LogP contribution in [0.25, 0.3) is 11.4 Å². The summed E-state index contributed by atoms with van der Waals surface area (Å²) in [7, 11) is -0.838. The van der Waals surface area contributed by atoms with Crippen molar-refractivity contribution in [1.82, 2.24) is 20.2 Å². The third kappa shape index (κ3) is 3.04. The van der Waals surface area contributed by atoms with E-state index in [0.29, 0.717) is 18.1 Å². The van der Waals surface area contributed by atoms with Gasteiger partial charge in [0, 0.05) is 40.1 Å². The van der Waals surface area contributed by atoms with Gasteiger partial charge in [-0.15, -0.1) is 5.10 Å². The van der Waals surface area contributed by atoms with Gasteiger partial charge in [0.05, 0.1) is 0 Å². The van der Waals surface area contributed by atoms with Crippen LogP contribution in [-0.2, 0) is 17.3 Å². The van der Waals surface area contributed by atoms with Gasteiger partial charge in [-0.2, -0.15) is 0 Å². The molecule has 1 aromatic heterocycles. The highest BCUT2D eigenvalue weighted by Crippen LogP contribution is 2.26. The van der Waals surface area contributed by atoms with Crippen LogP contribution >= 0.6 is 0 Å². The van der Waals surface area contributed by atoms with Gasteiger partial charge in [-0.1, -0.05) is 19.1 Å². The highest BCUT2D eigenvalue weighted by atomic mass is 32.2. The lowest BCUT2D eigenvalue weighted by atomic mass is 10.1. The summed E-state index contributed by atoms with van der Waals surface area (Å²) in [6.45, 7) is 4.53. The molecule has 20 heavy (non-hydrogen) atoms. The van der Waals surface area contributed by atoms with E-state index in [1.54, 1.807) is 10.9 Å². The molecule has 2 rings (SSSR count). The Kier molecular flexibility index (Phi) is 4.49. The minimum Gasteiger partial charge on any atom is -0.398 e. The summed E-state index contributed by atoms with van der Waals surface area (Å²) >= 11 is 0. The molecule has 6 nitrogen and oxygen atoms in total. The summed E-state index contributed by atoms with van der Waals surface area (Å²) in [5.74, 6) is 0.653. The van der Waals surface area contributed by atoms with Gasteiger partial charge >= 0.3 is 0 Å². The number of rotatable bonds is 5. The fraction of sp³-hybridized carbons (Fsp3) is 0.462. The highest BCUT2D eigenvalue weighted by Gasteiger charge is 2.14. The average Bonchev–Trinajstić information content (AvgIpc) is 2.87. The molecule has 1 aromatic carbocycles. The predicted molar refractivity (Wildman–Crippen MR) is 80.5 cm³/mol. The van der Waals surface area contributed by atoms with E-state index in [0.717, 1.165) is 17.5 Å². The molecule has 0 spiro atoms. The number of hydrogen-bond donors (Lipinski definition) is 1. The molecular formula is C13H19N5OS. The maximum atomic E-state index is 11.4. The fourth-order valence-electron chi connectivity index (χ4n) is 1.89. The summed E-state index contributed by atoms with van der Waals surface area (Å²) in [6, 6.07) is 5.80. The molecule has 2 unspecified atom stereocenters. The Hall–Kier alpha value is -1.76. The van der Waals surface area contributed by atoms with Crippen molar-refractivity contribution in [2.45, 2.75) is 32.1 Å². The molecule has 0 saturated heterocycles. The molecule has 0 saturated carbocycles. The van der Waals surface area contributed by atoms with Crippen LogP contribution in [0.2, 0.25) is 0 Å². The summed E-state index contributed by atoms with van der Waals surface area (Å²) in [5, 5.41) is 11.9. The molecule has 108 valence electrons. The van der Waals surface area contributed by atoms with Gasteiger partial charge in [-0.25, -0.2) is 4.68 Å². The lowest BCUT2D eigenvalue weighted by Crippen LogP contribution is -2.14. The van der Waals surface area contributed by atoms with E-state index in [1.165, 1.54) is 0 Å². The predicted octanol–water partition coefficient (Wildman–Crippen LogP) is 1.39. The fourth-order valence-corrected chi connectivity index (χ4v) is 2.33. The number of nitrogen functional groups attached to an aromatic ring is 1. The van der Waals surface area contributed by atoms with Crippen molar-refractivity contribution >= 4 is 16.5 Å². The van der Waals surface area contributed by atoms with E-state index in [1.807, 2.05) is 32.0 Å². The summed E-state index contributed by atoms with van der Waals surface area (Å²) in [4.78, 5) is 0. The number of para-hydroxylation sites is 1. The molecular weight excluding hydrogens is 274 g/mol. The van der Waals surface area contributed by atoms with Crippen LogP contribution in [0.3, 0.4) is 0 Å². The van der Waals surface area contributed by atoms with Crippen molar-refractivity contribution in [1.29, 1.82) is 0 Å². The lowest BCUT2D eigenvalue weighted by molar-refractivity contribution is 0.556. The van der Waals surface area contributed by atoms with E-state index < -0.39 is 10.8 Å². The van der Waals surface area contributed by atoms with Gasteiger partial charge in [0.1, 0.15) is 0 Å². The number of aromatic nitrogens is 4. The van der Waals surface area contributed by atoms with Crippen LogP contribution in [0.15, 0.2) is 18.2 Å². The summed E-state index contributed by atoms with van der Waals surface area (Å²) < 4.78 is 13.1. The first-order chi connectivity index (χ1) is 9.50. The third-order valence-electron chi connectivity index (χ3n) is 3.41. The molecule has 2 aromatic rings. The topological polar surface area (TPSA) is 86.7 Å². The molecule has 7 heteroatoms. The molecule has 0 aliphatic rings. The first kappa shape index (κ1) is 14.6. The molecule has 0 bridgehead atoms. The molecule has 2 atom stereocenters. The van der Waals surface area contributed by atoms with Crippen molar-refractivity contribution in [3.63, 3.8) is 0 Å². The highest BCUT2D eigenvalue weighted by molar-refractivity contribution is 7.84. The van der Waals surface area contributed by atoms with E-state index in [-0.39, 0.29) is 5.25 Å². The summed E-state index contributed by atoms with van der Waals surface area (Å²) in [5.41, 5.74) is 8.61. The normalized spacial score (nSPS) is 14.2. The molecule has 1 heterocycles. The van der Waals surface area contributed by atoms with Gasteiger partial charge in [0.2, 0.25) is 0 Å². The van der Waals surface area contributed by atoms with Crippen molar-refractivity contribution < 1.29 is 4.21 Å². The maximum Gasteiger partial charge on any atom is 0.184 e. The summed E-state index contributed by atoms with van der Waals surface area (Å²) in [6.07, 6.45) is 2.47. The second-order valence-corrected chi connectivity index (χ2v) is 6.66. The second kappa shape index (κ2) is 6.13. The van der Waals surface area contributed by atoms with Crippen LogP contribution in [-0.4, -0.2) is 35.9 Å². The first-order valence-corrected chi connectivity index (χ1v) is 8.06. The minimum absolute atomic E-state index is 0.113. The van der Waals surface area contributed by atoms with Gasteiger partial charge in [-0.3, -0.25) is 4.21 Å². The number of aryl methyl sites for hydroxylation is 2. The first-order valence-electron chi connectivity index (χ1n) is 6.44. The number of nitrogens with zero attached hydrogens (tertiary/aromatic N) is 4. The quantitative estimate of drug-likeness (QED) is 0.842. The van der Waals surface area contributed by atoms with Crippen LogP contribution in [0.1, 0.15) is 18.9 Å². The largest absolute Gasteiger partial charge is 0.398 e. The second-order valence-electron chi connectivity index (χ2n) is 4.86. The molecule has 0 aliphatic carbocycles. The van der Waals surface area contributed by atoms with Gasteiger partial charge in [-0.05, 0) is 35.4 Å². The van der Waals surface area contributed by atoms with Crippen molar-refractivity contribution in [2.24, 2.45) is 0 Å². The zero-order valence-electron chi connectivity index (χ0n) is 11.9. The van der Waals surface area contributed by atoms with Crippen LogP contribution in [0, 0.1) is 6.92 Å². The Balaban J connectivity index is 2.25. The van der Waals surface area contributed by atoms with Crippen LogP contribution in [0.4, 0.5) is 5.69 Å². The Morgan fingerprint density at radius 3 is 2.90 bits per heavy atom. The van der Waals surface area contributed by atoms with Gasteiger partial charge in [0.15, 0.2) is 5.82 Å². The number of nitrogens with two attached hydrogens (primary N) is 1. The lowest BCUT2D eigenvalue weighted by Gasteiger charge is -2.10. The molecule has 2 N–H and O–H groups in total. The molecule has 0 radical (unpaired) electrons. The Bertz CT molecular complexity index is 625. The SMILES string of the molecule is Cc1cccc(-c2nnnn2CCC(C)S(C)=O)c1N. The van der Waals surface area contributed by atoms with E-state index in [4.69, 9.17) is 5.73 Å². The Morgan fingerprint density at radius 1 is 1.45 bits per heavy atom. The Morgan fingerprint density at radius 2 is 2.20 bits per heavy atom. The van der Waals surface area contributed by atoms with Crippen molar-refractivity contribution in [2.75, 3.05) is 12.0 Å². The average molecular weight is 293 g/mol. The standard InChI is InChI=1S/C13H19N5OS/c1-9-5-4-6-11(12(9)14)13-15-16-17-18(13)8-7-10(2)20(3)19/h4-6,10H,7-8,14H2,1-3H3. The zero-order chi connectivity index (χ0) is 14.7. The number of tetrazole rings is 1. The molecule has 0 fully saturated rings. The van der Waals surface area contributed by atoms with Gasteiger partial charge in [0.25, 0.3) is 0 Å². The third-order valence-corrected chi connectivity index (χ3v) is 4.78. The van der Waals surface area contributed by atoms with Crippen molar-refractivity contribution in [3.8, 4) is 11.4 Å². The molecule has 0 amide bonds. The minimum atomic E-state index is -0.838. The zero-order valence-corrected chi connectivity index (χ0v) is 12.7.